The molecular formula is C19H17Cl2N3O2. The van der Waals surface area contributed by atoms with Crippen molar-refractivity contribution in [2.75, 3.05) is 5.73 Å². The van der Waals surface area contributed by atoms with Gasteiger partial charge >= 0.3 is 5.97 Å². The summed E-state index contributed by atoms with van der Waals surface area (Å²) in [5.41, 5.74) is 8.63. The fourth-order valence-corrected chi connectivity index (χ4v) is 2.56. The summed E-state index contributed by atoms with van der Waals surface area (Å²) in [7, 11) is 0. The maximum Gasteiger partial charge on any atom is 0.303 e. The fraction of sp³-hybridized carbons (Fsp3) is 0.105. The Bertz CT molecular complexity index is 940. The average Bonchev–Trinajstić information content (AvgIpc) is 2.62. The van der Waals surface area contributed by atoms with E-state index in [1.54, 1.807) is 12.1 Å². The number of aromatic nitrogens is 2. The van der Waals surface area contributed by atoms with Crippen LogP contribution in [0.2, 0.25) is 10.0 Å². The molecule has 3 N–H and O–H groups in total. The summed E-state index contributed by atoms with van der Waals surface area (Å²) >= 11 is 12.0. The SMILES string of the molecule is C=CCCC(=O)O.Nc1ncnc2cccc(-c3ccc(Cl)c(Cl)c3)c12. The lowest BCUT2D eigenvalue weighted by atomic mass is 10.0. The van der Waals surface area contributed by atoms with Gasteiger partial charge in [-0.1, -0.05) is 47.5 Å². The molecule has 0 bridgehead atoms. The molecule has 0 saturated carbocycles. The zero-order valence-corrected chi connectivity index (χ0v) is 15.3. The van der Waals surface area contributed by atoms with Crippen molar-refractivity contribution >= 4 is 45.9 Å². The second kappa shape index (κ2) is 9.17. The van der Waals surface area contributed by atoms with Crippen LogP contribution in [0.25, 0.3) is 22.0 Å². The van der Waals surface area contributed by atoms with Crippen molar-refractivity contribution in [3.63, 3.8) is 0 Å². The third kappa shape index (κ3) is 4.94. The van der Waals surface area contributed by atoms with E-state index in [0.717, 1.165) is 22.0 Å². The monoisotopic (exact) mass is 389 g/mol. The molecule has 0 unspecified atom stereocenters. The summed E-state index contributed by atoms with van der Waals surface area (Å²) in [6.45, 7) is 3.37. The smallest absolute Gasteiger partial charge is 0.303 e. The topological polar surface area (TPSA) is 89.1 Å². The minimum atomic E-state index is -0.764. The number of nitrogen functional groups attached to an aromatic ring is 1. The maximum atomic E-state index is 9.71. The van der Waals surface area contributed by atoms with Gasteiger partial charge in [-0.2, -0.15) is 0 Å². The van der Waals surface area contributed by atoms with Gasteiger partial charge in [0.2, 0.25) is 0 Å². The molecule has 26 heavy (non-hydrogen) atoms. The third-order valence-corrected chi connectivity index (χ3v) is 4.22. The number of nitrogens with zero attached hydrogens (tertiary/aromatic N) is 2. The number of aliphatic carboxylic acids is 1. The summed E-state index contributed by atoms with van der Waals surface area (Å²) in [4.78, 5) is 18.0. The number of allylic oxidation sites excluding steroid dienone is 1. The number of carboxylic acid groups (broad SMARTS) is 1. The number of benzene rings is 2. The molecule has 5 nitrogen and oxygen atoms in total. The second-order valence-corrected chi connectivity index (χ2v) is 6.12. The van der Waals surface area contributed by atoms with Crippen molar-refractivity contribution in [3.05, 3.63) is 65.4 Å². The molecule has 1 aromatic heterocycles. The Labute approximate surface area is 161 Å². The van der Waals surface area contributed by atoms with E-state index in [-0.39, 0.29) is 6.42 Å². The fourth-order valence-electron chi connectivity index (χ4n) is 2.26. The summed E-state index contributed by atoms with van der Waals surface area (Å²) in [6.07, 6.45) is 3.81. The van der Waals surface area contributed by atoms with Crippen LogP contribution in [0.1, 0.15) is 12.8 Å². The first-order valence-electron chi connectivity index (χ1n) is 7.71. The lowest BCUT2D eigenvalue weighted by Crippen LogP contribution is -1.95. The van der Waals surface area contributed by atoms with Crippen LogP contribution in [0.4, 0.5) is 5.82 Å². The predicted molar refractivity (Wildman–Crippen MR) is 106 cm³/mol. The minimum absolute atomic E-state index is 0.198. The standard InChI is InChI=1S/C14H9Cl2N3.C5H8O2/c15-10-5-4-8(6-11(10)16)9-2-1-3-12-13(9)14(17)19-7-18-12;1-2-3-4-5(6)7/h1-7H,(H2,17,18,19);2H,1,3-4H2,(H,6,7). The van der Waals surface area contributed by atoms with Crippen LogP contribution in [0.3, 0.4) is 0 Å². The number of nitrogens with two attached hydrogens (primary N) is 1. The summed E-state index contributed by atoms with van der Waals surface area (Å²) in [6, 6.07) is 11.3. The van der Waals surface area contributed by atoms with Gasteiger partial charge < -0.3 is 10.8 Å². The van der Waals surface area contributed by atoms with E-state index in [1.165, 1.54) is 6.33 Å². The van der Waals surface area contributed by atoms with Crippen LogP contribution in [0.15, 0.2) is 55.4 Å². The van der Waals surface area contributed by atoms with Crippen molar-refractivity contribution in [1.29, 1.82) is 0 Å². The van der Waals surface area contributed by atoms with Crippen molar-refractivity contribution in [3.8, 4) is 11.1 Å². The van der Waals surface area contributed by atoms with E-state index in [1.807, 2.05) is 30.3 Å². The van der Waals surface area contributed by atoms with Gasteiger partial charge in [0.15, 0.2) is 0 Å². The number of rotatable bonds is 4. The van der Waals surface area contributed by atoms with Gasteiger partial charge in [-0.15, -0.1) is 6.58 Å². The molecule has 0 spiro atoms. The van der Waals surface area contributed by atoms with Crippen molar-refractivity contribution < 1.29 is 9.90 Å². The quantitative estimate of drug-likeness (QED) is 0.596. The van der Waals surface area contributed by atoms with E-state index in [2.05, 4.69) is 16.5 Å². The molecule has 7 heteroatoms. The molecule has 0 aliphatic heterocycles. The van der Waals surface area contributed by atoms with Gasteiger partial charge in [0.25, 0.3) is 0 Å². The predicted octanol–water partition coefficient (Wildman–Crippen LogP) is 5.22. The molecule has 0 aliphatic carbocycles. The molecule has 0 aliphatic rings. The Hall–Kier alpha value is -2.63. The van der Waals surface area contributed by atoms with E-state index in [4.69, 9.17) is 34.0 Å². The first-order chi connectivity index (χ1) is 12.4. The number of hydrogen-bond donors (Lipinski definition) is 2. The molecule has 0 fully saturated rings. The van der Waals surface area contributed by atoms with Gasteiger partial charge in [-0.05, 0) is 35.7 Å². The lowest BCUT2D eigenvalue weighted by Gasteiger charge is -2.08. The average molecular weight is 390 g/mol. The Morgan fingerprint density at radius 3 is 2.58 bits per heavy atom. The largest absolute Gasteiger partial charge is 0.481 e. The highest BCUT2D eigenvalue weighted by atomic mass is 35.5. The second-order valence-electron chi connectivity index (χ2n) is 5.31. The van der Waals surface area contributed by atoms with Crippen LogP contribution < -0.4 is 5.73 Å². The molecule has 3 aromatic rings. The highest BCUT2D eigenvalue weighted by Gasteiger charge is 2.09. The number of carbonyl (C=O) groups is 1. The van der Waals surface area contributed by atoms with Crippen LogP contribution in [0.5, 0.6) is 0 Å². The normalized spacial score (nSPS) is 10.1. The molecule has 3 rings (SSSR count). The number of carboxylic acids is 1. The molecule has 2 aromatic carbocycles. The van der Waals surface area contributed by atoms with Gasteiger partial charge in [0, 0.05) is 6.42 Å². The first-order valence-corrected chi connectivity index (χ1v) is 8.47. The zero-order valence-electron chi connectivity index (χ0n) is 13.8. The van der Waals surface area contributed by atoms with Gasteiger partial charge in [-0.25, -0.2) is 9.97 Å². The molecule has 1 heterocycles. The first kappa shape index (κ1) is 19.7. The van der Waals surface area contributed by atoms with Gasteiger partial charge in [-0.3, -0.25) is 4.79 Å². The molecule has 0 amide bonds. The summed E-state index contributed by atoms with van der Waals surface area (Å²) in [5.74, 6) is -0.313. The number of fused-ring (bicyclic) bond motifs is 1. The van der Waals surface area contributed by atoms with Crippen LogP contribution in [0, 0.1) is 0 Å². The Morgan fingerprint density at radius 1 is 1.19 bits per heavy atom. The molecule has 134 valence electrons. The van der Waals surface area contributed by atoms with E-state index < -0.39 is 5.97 Å². The zero-order chi connectivity index (χ0) is 19.1. The number of hydrogen-bond acceptors (Lipinski definition) is 4. The molecule has 0 saturated heterocycles. The van der Waals surface area contributed by atoms with Crippen LogP contribution in [-0.4, -0.2) is 21.0 Å². The molecule has 0 atom stereocenters. The Morgan fingerprint density at radius 2 is 1.96 bits per heavy atom. The van der Waals surface area contributed by atoms with Crippen molar-refractivity contribution in [1.82, 2.24) is 9.97 Å². The minimum Gasteiger partial charge on any atom is -0.481 e. The van der Waals surface area contributed by atoms with Crippen molar-refractivity contribution in [2.45, 2.75) is 12.8 Å². The molecular weight excluding hydrogens is 373 g/mol. The number of anilines is 1. The lowest BCUT2D eigenvalue weighted by molar-refractivity contribution is -0.136. The van der Waals surface area contributed by atoms with E-state index in [0.29, 0.717) is 22.3 Å². The number of halogens is 2. The summed E-state index contributed by atoms with van der Waals surface area (Å²) in [5, 5.41) is 9.85. The van der Waals surface area contributed by atoms with Crippen LogP contribution >= 0.6 is 23.2 Å². The highest BCUT2D eigenvalue weighted by Crippen LogP contribution is 2.33. The van der Waals surface area contributed by atoms with Gasteiger partial charge in [0.05, 0.1) is 20.9 Å². The van der Waals surface area contributed by atoms with Crippen LogP contribution in [-0.2, 0) is 4.79 Å². The highest BCUT2D eigenvalue weighted by molar-refractivity contribution is 6.42. The van der Waals surface area contributed by atoms with Gasteiger partial charge in [0.1, 0.15) is 12.1 Å². The van der Waals surface area contributed by atoms with E-state index in [9.17, 15) is 4.79 Å². The van der Waals surface area contributed by atoms with Crippen molar-refractivity contribution in [2.24, 2.45) is 0 Å². The molecule has 0 radical (unpaired) electrons. The van der Waals surface area contributed by atoms with E-state index >= 15 is 0 Å². The Kier molecular flexibility index (Phi) is 6.95. The summed E-state index contributed by atoms with van der Waals surface area (Å²) < 4.78 is 0. The Balaban J connectivity index is 0.000000298. The maximum absolute atomic E-state index is 9.71. The third-order valence-electron chi connectivity index (χ3n) is 3.49.